The van der Waals surface area contributed by atoms with E-state index >= 15 is 0 Å². The fourth-order valence-corrected chi connectivity index (χ4v) is 2.61. The zero-order valence-electron chi connectivity index (χ0n) is 17.5. The summed E-state index contributed by atoms with van der Waals surface area (Å²) in [4.78, 5) is 24.3. The van der Waals surface area contributed by atoms with E-state index in [1.165, 1.54) is 0 Å². The first-order chi connectivity index (χ1) is 13.8. The van der Waals surface area contributed by atoms with Gasteiger partial charge < -0.3 is 20.1 Å². The molecule has 156 valence electrons. The zero-order chi connectivity index (χ0) is 21.2. The molecule has 6 nitrogen and oxygen atoms in total. The highest BCUT2D eigenvalue weighted by Gasteiger charge is 2.07. The average Bonchev–Trinajstić information content (AvgIpc) is 2.67. The Labute approximate surface area is 172 Å². The third kappa shape index (κ3) is 7.86. The highest BCUT2D eigenvalue weighted by Crippen LogP contribution is 2.14. The van der Waals surface area contributed by atoms with E-state index in [-0.39, 0.29) is 24.0 Å². The van der Waals surface area contributed by atoms with Crippen molar-refractivity contribution >= 4 is 11.8 Å². The maximum atomic E-state index is 12.2. The van der Waals surface area contributed by atoms with E-state index in [0.717, 1.165) is 11.5 Å². The molecule has 0 atom stereocenters. The van der Waals surface area contributed by atoms with E-state index in [2.05, 4.69) is 10.6 Å². The number of carbonyl (C=O) groups is 2. The number of hydrogen-bond donors (Lipinski definition) is 2. The summed E-state index contributed by atoms with van der Waals surface area (Å²) < 4.78 is 11.1. The molecule has 2 N–H and O–H groups in total. The lowest BCUT2D eigenvalue weighted by Crippen LogP contribution is -2.29. The number of nitrogens with one attached hydrogen (secondary N) is 2. The van der Waals surface area contributed by atoms with Gasteiger partial charge in [0.2, 0.25) is 0 Å². The SMILES string of the molecule is CC(C)Oc1ccc(C(=O)NCCCNC(=O)c2ccc(OC(C)C)cc2)cc1. The second-order valence-corrected chi connectivity index (χ2v) is 7.25. The summed E-state index contributed by atoms with van der Waals surface area (Å²) in [6.07, 6.45) is 0.827. The number of hydrogen-bond acceptors (Lipinski definition) is 4. The number of rotatable bonds is 10. The molecule has 0 aliphatic rings. The summed E-state index contributed by atoms with van der Waals surface area (Å²) in [5.41, 5.74) is 1.16. The first-order valence-electron chi connectivity index (χ1n) is 9.95. The van der Waals surface area contributed by atoms with E-state index in [9.17, 15) is 9.59 Å². The molecule has 0 unspecified atom stereocenters. The molecule has 2 rings (SSSR count). The van der Waals surface area contributed by atoms with Crippen molar-refractivity contribution in [1.29, 1.82) is 0 Å². The predicted octanol–water partition coefficient (Wildman–Crippen LogP) is 3.81. The van der Waals surface area contributed by atoms with Crippen LogP contribution in [-0.4, -0.2) is 37.1 Å². The van der Waals surface area contributed by atoms with Crippen LogP contribution in [0.15, 0.2) is 48.5 Å². The third-order valence-electron chi connectivity index (χ3n) is 3.90. The van der Waals surface area contributed by atoms with Crippen molar-refractivity contribution in [3.8, 4) is 11.5 Å². The van der Waals surface area contributed by atoms with Crippen LogP contribution in [0.5, 0.6) is 11.5 Å². The van der Waals surface area contributed by atoms with Gasteiger partial charge in [-0.2, -0.15) is 0 Å². The van der Waals surface area contributed by atoms with Gasteiger partial charge in [-0.25, -0.2) is 0 Å². The van der Waals surface area contributed by atoms with Gasteiger partial charge >= 0.3 is 0 Å². The minimum atomic E-state index is -0.145. The lowest BCUT2D eigenvalue weighted by atomic mass is 10.2. The Morgan fingerprint density at radius 2 is 1.03 bits per heavy atom. The Bertz CT molecular complexity index is 716. The summed E-state index contributed by atoms with van der Waals surface area (Å²) in [7, 11) is 0. The van der Waals surface area contributed by atoms with Crippen molar-refractivity contribution < 1.29 is 19.1 Å². The van der Waals surface area contributed by atoms with Gasteiger partial charge in [-0.15, -0.1) is 0 Å². The van der Waals surface area contributed by atoms with Crippen LogP contribution in [-0.2, 0) is 0 Å². The second-order valence-electron chi connectivity index (χ2n) is 7.25. The number of carbonyl (C=O) groups excluding carboxylic acids is 2. The standard InChI is InChI=1S/C23H30N2O4/c1-16(2)28-20-10-6-18(7-11-20)22(26)24-14-5-15-25-23(27)19-8-12-21(13-9-19)29-17(3)4/h6-13,16-17H,5,14-15H2,1-4H3,(H,24,26)(H,25,27). The Morgan fingerprint density at radius 3 is 1.34 bits per heavy atom. The summed E-state index contributed by atoms with van der Waals surface area (Å²) in [5.74, 6) is 1.19. The Kier molecular flexibility index (Phi) is 8.52. The largest absolute Gasteiger partial charge is 0.491 e. The van der Waals surface area contributed by atoms with Crippen molar-refractivity contribution in [2.45, 2.75) is 46.3 Å². The minimum absolute atomic E-state index is 0.0937. The fourth-order valence-electron chi connectivity index (χ4n) is 2.61. The molecule has 0 radical (unpaired) electrons. The third-order valence-corrected chi connectivity index (χ3v) is 3.90. The van der Waals surface area contributed by atoms with Crippen molar-refractivity contribution in [3.05, 3.63) is 59.7 Å². The predicted molar refractivity (Wildman–Crippen MR) is 114 cm³/mol. The molecule has 0 saturated carbocycles. The van der Waals surface area contributed by atoms with E-state index in [0.29, 0.717) is 30.6 Å². The lowest BCUT2D eigenvalue weighted by molar-refractivity contribution is 0.0952. The molecule has 6 heteroatoms. The van der Waals surface area contributed by atoms with Gasteiger partial charge in [0, 0.05) is 24.2 Å². The van der Waals surface area contributed by atoms with Crippen molar-refractivity contribution in [2.75, 3.05) is 13.1 Å². The first-order valence-corrected chi connectivity index (χ1v) is 9.95. The van der Waals surface area contributed by atoms with Crippen LogP contribution in [0.2, 0.25) is 0 Å². The van der Waals surface area contributed by atoms with Crippen LogP contribution in [0.3, 0.4) is 0 Å². The van der Waals surface area contributed by atoms with E-state index in [4.69, 9.17) is 9.47 Å². The molecule has 0 heterocycles. The molecule has 29 heavy (non-hydrogen) atoms. The van der Waals surface area contributed by atoms with Crippen LogP contribution in [0, 0.1) is 0 Å². The topological polar surface area (TPSA) is 76.7 Å². The van der Waals surface area contributed by atoms with Crippen molar-refractivity contribution in [2.24, 2.45) is 0 Å². The zero-order valence-corrected chi connectivity index (χ0v) is 17.5. The fraction of sp³-hybridized carbons (Fsp3) is 0.391. The number of benzene rings is 2. The van der Waals surface area contributed by atoms with Crippen molar-refractivity contribution in [3.63, 3.8) is 0 Å². The smallest absolute Gasteiger partial charge is 0.251 e. The second kappa shape index (κ2) is 11.1. The molecule has 2 aromatic rings. The molecule has 0 fully saturated rings. The molecule has 0 bridgehead atoms. The van der Waals surface area contributed by atoms with Gasteiger partial charge in [0.15, 0.2) is 0 Å². The molecule has 0 spiro atoms. The Hall–Kier alpha value is -3.02. The van der Waals surface area contributed by atoms with Crippen LogP contribution in [0.1, 0.15) is 54.8 Å². The van der Waals surface area contributed by atoms with Gasteiger partial charge in [-0.1, -0.05) is 0 Å². The summed E-state index contributed by atoms with van der Waals surface area (Å²) in [6.45, 7) is 8.77. The molecule has 0 aliphatic heterocycles. The summed E-state index contributed by atoms with van der Waals surface area (Å²) >= 11 is 0. The quantitative estimate of drug-likeness (QED) is 0.597. The molecule has 0 aliphatic carbocycles. The Morgan fingerprint density at radius 1 is 0.690 bits per heavy atom. The number of amides is 2. The average molecular weight is 399 g/mol. The van der Waals surface area contributed by atoms with Crippen LogP contribution in [0.4, 0.5) is 0 Å². The summed E-state index contributed by atoms with van der Waals surface area (Å²) in [5, 5.41) is 5.70. The maximum Gasteiger partial charge on any atom is 0.251 e. The normalized spacial score (nSPS) is 10.7. The van der Waals surface area contributed by atoms with Gasteiger partial charge in [0.1, 0.15) is 11.5 Å². The van der Waals surface area contributed by atoms with E-state index < -0.39 is 0 Å². The highest BCUT2D eigenvalue weighted by molar-refractivity contribution is 5.94. The van der Waals surface area contributed by atoms with Gasteiger partial charge in [0.25, 0.3) is 11.8 Å². The van der Waals surface area contributed by atoms with Gasteiger partial charge in [-0.3, -0.25) is 9.59 Å². The van der Waals surface area contributed by atoms with Crippen LogP contribution in [0.25, 0.3) is 0 Å². The highest BCUT2D eigenvalue weighted by atomic mass is 16.5. The van der Waals surface area contributed by atoms with Crippen molar-refractivity contribution in [1.82, 2.24) is 10.6 Å². The first kappa shape index (κ1) is 22.3. The van der Waals surface area contributed by atoms with Gasteiger partial charge in [0.05, 0.1) is 12.2 Å². The molecule has 2 aromatic carbocycles. The number of ether oxygens (including phenoxy) is 2. The summed E-state index contributed by atoms with van der Waals surface area (Å²) in [6, 6.07) is 14.1. The molecule has 0 saturated heterocycles. The lowest BCUT2D eigenvalue weighted by Gasteiger charge is -2.11. The van der Waals surface area contributed by atoms with Gasteiger partial charge in [-0.05, 0) is 82.6 Å². The monoisotopic (exact) mass is 398 g/mol. The van der Waals surface area contributed by atoms with Crippen LogP contribution >= 0.6 is 0 Å². The molecular formula is C23H30N2O4. The molecular weight excluding hydrogens is 368 g/mol. The Balaban J connectivity index is 1.68. The molecule has 0 aromatic heterocycles. The van der Waals surface area contributed by atoms with Crippen LogP contribution < -0.4 is 20.1 Å². The minimum Gasteiger partial charge on any atom is -0.491 e. The molecule has 2 amide bonds. The van der Waals surface area contributed by atoms with E-state index in [1.807, 2.05) is 27.7 Å². The van der Waals surface area contributed by atoms with E-state index in [1.54, 1.807) is 48.5 Å². The maximum absolute atomic E-state index is 12.2.